The first-order valence-corrected chi connectivity index (χ1v) is 8.98. The second-order valence-corrected chi connectivity index (χ2v) is 9.00. The Balaban J connectivity index is 1.83. The fraction of sp³-hybridized carbons (Fsp3) is 0.824. The fourth-order valence-electron chi connectivity index (χ4n) is 3.72. The van der Waals surface area contributed by atoms with Crippen molar-refractivity contribution in [2.75, 3.05) is 0 Å². The van der Waals surface area contributed by atoms with Crippen molar-refractivity contribution in [3.8, 4) is 0 Å². The van der Waals surface area contributed by atoms with Gasteiger partial charge in [0.25, 0.3) is 0 Å². The molecule has 0 radical (unpaired) electrons. The lowest BCUT2D eigenvalue weighted by molar-refractivity contribution is 0.216. The quantitative estimate of drug-likeness (QED) is 0.832. The molecule has 1 heterocycles. The number of thiazole rings is 1. The van der Waals surface area contributed by atoms with E-state index in [0.717, 1.165) is 25.2 Å². The van der Waals surface area contributed by atoms with Gasteiger partial charge in [-0.3, -0.25) is 0 Å². The van der Waals surface area contributed by atoms with Gasteiger partial charge in [-0.05, 0) is 43.4 Å². The molecule has 0 saturated heterocycles. The predicted molar refractivity (Wildman–Crippen MR) is 86.0 cm³/mol. The van der Waals surface area contributed by atoms with Crippen molar-refractivity contribution in [2.45, 2.75) is 77.7 Å². The maximum atomic E-state index is 6.66. The first-order valence-electron chi connectivity index (χ1n) is 8.16. The Kier molecular flexibility index (Phi) is 3.70. The second-order valence-electron chi connectivity index (χ2n) is 7.91. The number of aromatic nitrogens is 1. The fourth-order valence-corrected chi connectivity index (χ4v) is 5.07. The smallest absolute Gasteiger partial charge is 0.113 e. The van der Waals surface area contributed by atoms with Crippen molar-refractivity contribution in [3.05, 3.63) is 15.6 Å². The predicted octanol–water partition coefficient (Wildman–Crippen LogP) is 4.41. The van der Waals surface area contributed by atoms with Gasteiger partial charge in [0, 0.05) is 4.88 Å². The number of hydrogen-bond donors (Lipinski definition) is 1. The molecule has 0 aliphatic heterocycles. The summed E-state index contributed by atoms with van der Waals surface area (Å²) in [4.78, 5) is 6.49. The summed E-state index contributed by atoms with van der Waals surface area (Å²) in [5, 5.41) is 1.23. The van der Waals surface area contributed by atoms with Crippen LogP contribution in [0.3, 0.4) is 0 Å². The molecule has 2 N–H and O–H groups in total. The van der Waals surface area contributed by atoms with Crippen LogP contribution in [0.15, 0.2) is 0 Å². The number of nitrogens with two attached hydrogens (primary N) is 1. The number of nitrogens with zero attached hydrogens (tertiary/aromatic N) is 1. The third-order valence-electron chi connectivity index (χ3n) is 5.34. The molecule has 1 unspecified atom stereocenters. The van der Waals surface area contributed by atoms with Gasteiger partial charge < -0.3 is 5.73 Å². The zero-order valence-corrected chi connectivity index (χ0v) is 14.0. The van der Waals surface area contributed by atoms with Crippen LogP contribution < -0.4 is 5.73 Å². The maximum absolute atomic E-state index is 6.66. The highest BCUT2D eigenvalue weighted by Crippen LogP contribution is 2.43. The van der Waals surface area contributed by atoms with Crippen LogP contribution in [0.4, 0.5) is 0 Å². The van der Waals surface area contributed by atoms with E-state index >= 15 is 0 Å². The lowest BCUT2D eigenvalue weighted by Gasteiger charge is -2.33. The molecule has 2 aliphatic carbocycles. The van der Waals surface area contributed by atoms with E-state index in [1.165, 1.54) is 47.7 Å². The maximum Gasteiger partial charge on any atom is 0.113 e. The summed E-state index contributed by atoms with van der Waals surface area (Å²) >= 11 is 1.92. The largest absolute Gasteiger partial charge is 0.319 e. The van der Waals surface area contributed by atoms with Crippen LogP contribution in [0.2, 0.25) is 0 Å². The minimum atomic E-state index is -0.114. The third kappa shape index (κ3) is 2.67. The summed E-state index contributed by atoms with van der Waals surface area (Å²) in [6.45, 7) is 7.11. The molecule has 1 fully saturated rings. The summed E-state index contributed by atoms with van der Waals surface area (Å²) in [5.74, 6) is 0.795. The first-order chi connectivity index (χ1) is 9.38. The zero-order valence-electron chi connectivity index (χ0n) is 13.2. The molecule has 0 spiro atoms. The Morgan fingerprint density at radius 3 is 2.55 bits per heavy atom. The Hall–Kier alpha value is -0.410. The van der Waals surface area contributed by atoms with Crippen LogP contribution in [0.5, 0.6) is 0 Å². The number of rotatable bonds is 1. The number of hydrogen-bond acceptors (Lipinski definition) is 3. The molecular formula is C17H28N2S. The topological polar surface area (TPSA) is 38.9 Å². The van der Waals surface area contributed by atoms with E-state index in [2.05, 4.69) is 20.8 Å². The van der Waals surface area contributed by atoms with Crippen LogP contribution in [0, 0.1) is 11.3 Å². The monoisotopic (exact) mass is 292 g/mol. The van der Waals surface area contributed by atoms with E-state index in [4.69, 9.17) is 10.7 Å². The molecular weight excluding hydrogens is 264 g/mol. The lowest BCUT2D eigenvalue weighted by Crippen LogP contribution is -2.38. The number of aryl methyl sites for hydroxylation is 1. The minimum absolute atomic E-state index is 0.114. The van der Waals surface area contributed by atoms with Crippen LogP contribution in [0.1, 0.15) is 74.9 Å². The summed E-state index contributed by atoms with van der Waals surface area (Å²) in [6.07, 6.45) is 9.80. The summed E-state index contributed by atoms with van der Waals surface area (Å²) in [6, 6.07) is 0. The van der Waals surface area contributed by atoms with Gasteiger partial charge in [-0.2, -0.15) is 0 Å². The van der Waals surface area contributed by atoms with Gasteiger partial charge in [-0.1, -0.05) is 40.0 Å². The van der Waals surface area contributed by atoms with Crippen molar-refractivity contribution in [3.63, 3.8) is 0 Å². The Morgan fingerprint density at radius 1 is 1.20 bits per heavy atom. The van der Waals surface area contributed by atoms with Crippen molar-refractivity contribution >= 4 is 11.3 Å². The van der Waals surface area contributed by atoms with Gasteiger partial charge in [0.2, 0.25) is 0 Å². The van der Waals surface area contributed by atoms with Crippen molar-refractivity contribution in [1.82, 2.24) is 4.98 Å². The summed E-state index contributed by atoms with van der Waals surface area (Å²) in [5.41, 5.74) is 8.32. The molecule has 1 saturated carbocycles. The highest BCUT2D eigenvalue weighted by Gasteiger charge is 2.36. The molecule has 1 aromatic heterocycles. The molecule has 0 bridgehead atoms. The van der Waals surface area contributed by atoms with Gasteiger partial charge >= 0.3 is 0 Å². The normalized spacial score (nSPS) is 26.3. The highest BCUT2D eigenvalue weighted by molar-refractivity contribution is 7.11. The molecule has 20 heavy (non-hydrogen) atoms. The van der Waals surface area contributed by atoms with Crippen molar-refractivity contribution < 1.29 is 0 Å². The van der Waals surface area contributed by atoms with Gasteiger partial charge in [0.1, 0.15) is 5.01 Å². The lowest BCUT2D eigenvalue weighted by atomic mass is 9.73. The van der Waals surface area contributed by atoms with Gasteiger partial charge in [-0.15, -0.1) is 11.3 Å². The molecule has 3 rings (SSSR count). The van der Waals surface area contributed by atoms with E-state index in [-0.39, 0.29) is 5.54 Å². The Bertz CT molecular complexity index is 478. The van der Waals surface area contributed by atoms with Crippen LogP contribution in [0.25, 0.3) is 0 Å². The van der Waals surface area contributed by atoms with Gasteiger partial charge in [-0.25, -0.2) is 4.98 Å². The van der Waals surface area contributed by atoms with Crippen LogP contribution in [-0.2, 0) is 18.4 Å². The van der Waals surface area contributed by atoms with E-state index in [9.17, 15) is 0 Å². The van der Waals surface area contributed by atoms with Crippen LogP contribution in [-0.4, -0.2) is 4.98 Å². The number of fused-ring (bicyclic) bond motifs is 1. The standard InChI is InChI=1S/C17H28N2S/c1-16(2,3)12-7-8-13-14(11-12)20-15(19-13)17(18)9-5-4-6-10-17/h12H,4-11,18H2,1-3H3. The summed E-state index contributed by atoms with van der Waals surface area (Å²) < 4.78 is 0. The van der Waals surface area contributed by atoms with Crippen molar-refractivity contribution in [1.29, 1.82) is 0 Å². The van der Waals surface area contributed by atoms with E-state index in [1.807, 2.05) is 11.3 Å². The molecule has 2 aliphatic rings. The SMILES string of the molecule is CC(C)(C)C1CCc2nc(C3(N)CCCCC3)sc2C1. The van der Waals surface area contributed by atoms with E-state index in [1.54, 1.807) is 0 Å². The van der Waals surface area contributed by atoms with Gasteiger partial charge in [0.15, 0.2) is 0 Å². The average Bonchev–Trinajstić information content (AvgIpc) is 2.82. The minimum Gasteiger partial charge on any atom is -0.319 e. The Labute approximate surface area is 127 Å². The third-order valence-corrected chi connectivity index (χ3v) is 6.68. The van der Waals surface area contributed by atoms with Crippen molar-refractivity contribution in [2.24, 2.45) is 17.1 Å². The zero-order chi connectivity index (χ0) is 14.4. The second kappa shape index (κ2) is 5.10. The van der Waals surface area contributed by atoms with Crippen LogP contribution >= 0.6 is 11.3 Å². The average molecular weight is 292 g/mol. The molecule has 1 aromatic rings. The molecule has 112 valence electrons. The first kappa shape index (κ1) is 14.5. The molecule has 0 amide bonds. The molecule has 2 nitrogen and oxygen atoms in total. The van der Waals surface area contributed by atoms with E-state index < -0.39 is 0 Å². The van der Waals surface area contributed by atoms with E-state index in [0.29, 0.717) is 5.41 Å². The van der Waals surface area contributed by atoms with Gasteiger partial charge in [0.05, 0.1) is 11.2 Å². The molecule has 1 atom stereocenters. The Morgan fingerprint density at radius 2 is 1.90 bits per heavy atom. The molecule has 3 heteroatoms. The highest BCUT2D eigenvalue weighted by atomic mass is 32.1. The molecule has 0 aromatic carbocycles. The summed E-state index contributed by atoms with van der Waals surface area (Å²) in [7, 11) is 0.